The molecule has 3 nitrogen and oxygen atoms in total. The van der Waals surface area contributed by atoms with Crippen molar-refractivity contribution in [2.24, 2.45) is 5.92 Å². The Morgan fingerprint density at radius 1 is 1.50 bits per heavy atom. The Morgan fingerprint density at radius 2 is 2.38 bits per heavy atom. The van der Waals surface area contributed by atoms with Gasteiger partial charge in [0.25, 0.3) is 0 Å². The van der Waals surface area contributed by atoms with Crippen LogP contribution in [0.25, 0.3) is 0 Å². The molecule has 1 aliphatic rings. The summed E-state index contributed by atoms with van der Waals surface area (Å²) in [6, 6.07) is 6.14. The number of aromatic nitrogens is 1. The molecule has 0 spiro atoms. The molecule has 0 aromatic carbocycles. The third-order valence-electron chi connectivity index (χ3n) is 3.19. The lowest BCUT2D eigenvalue weighted by molar-refractivity contribution is 0.105. The number of rotatable bonds is 4. The number of hydrogen-bond donors (Lipinski definition) is 1. The summed E-state index contributed by atoms with van der Waals surface area (Å²) >= 11 is 0. The lowest BCUT2D eigenvalue weighted by atomic mass is 10.0. The second-order valence-electron chi connectivity index (χ2n) is 4.53. The molecule has 1 N–H and O–H groups in total. The number of ether oxygens (including phenoxy) is 1. The Labute approximate surface area is 97.2 Å². The minimum Gasteiger partial charge on any atom is -0.378 e. The third kappa shape index (κ3) is 3.03. The van der Waals surface area contributed by atoms with Gasteiger partial charge in [-0.2, -0.15) is 0 Å². The average molecular weight is 220 g/mol. The molecular formula is C13H20N2O. The van der Waals surface area contributed by atoms with Gasteiger partial charge in [-0.1, -0.05) is 6.07 Å². The van der Waals surface area contributed by atoms with Gasteiger partial charge < -0.3 is 10.1 Å². The van der Waals surface area contributed by atoms with E-state index in [0.29, 0.717) is 12.0 Å². The van der Waals surface area contributed by atoms with E-state index in [0.717, 1.165) is 31.1 Å². The van der Waals surface area contributed by atoms with Gasteiger partial charge in [-0.25, -0.2) is 0 Å². The molecule has 1 fully saturated rings. The highest BCUT2D eigenvalue weighted by atomic mass is 16.5. The lowest BCUT2D eigenvalue weighted by Gasteiger charge is -2.14. The molecule has 2 heterocycles. The number of aryl methyl sites for hydroxylation is 1. The predicted molar refractivity (Wildman–Crippen MR) is 64.2 cm³/mol. The van der Waals surface area contributed by atoms with Crippen molar-refractivity contribution >= 4 is 0 Å². The molecule has 0 saturated carbocycles. The first-order valence-corrected chi connectivity index (χ1v) is 6.00. The van der Waals surface area contributed by atoms with Crippen LogP contribution in [-0.2, 0) is 11.3 Å². The zero-order valence-electron chi connectivity index (χ0n) is 10.1. The molecular weight excluding hydrogens is 200 g/mol. The van der Waals surface area contributed by atoms with Crippen LogP contribution in [-0.4, -0.2) is 24.2 Å². The van der Waals surface area contributed by atoms with E-state index < -0.39 is 0 Å². The van der Waals surface area contributed by atoms with Crippen LogP contribution >= 0.6 is 0 Å². The fraction of sp³-hybridized carbons (Fsp3) is 0.615. The van der Waals surface area contributed by atoms with E-state index in [1.54, 1.807) is 0 Å². The first-order valence-electron chi connectivity index (χ1n) is 6.00. The molecule has 16 heavy (non-hydrogen) atoms. The Balaban J connectivity index is 1.75. The summed E-state index contributed by atoms with van der Waals surface area (Å²) in [5, 5.41) is 3.46. The van der Waals surface area contributed by atoms with Crippen molar-refractivity contribution in [1.82, 2.24) is 10.3 Å². The zero-order valence-corrected chi connectivity index (χ0v) is 10.1. The van der Waals surface area contributed by atoms with Crippen LogP contribution in [0.3, 0.4) is 0 Å². The highest BCUT2D eigenvalue weighted by molar-refractivity contribution is 5.09. The maximum Gasteiger partial charge on any atom is 0.0588 e. The molecule has 0 aliphatic carbocycles. The average Bonchev–Trinajstić information content (AvgIpc) is 2.65. The van der Waals surface area contributed by atoms with Crippen LogP contribution in [0, 0.1) is 12.8 Å². The molecule has 1 aliphatic heterocycles. The van der Waals surface area contributed by atoms with Gasteiger partial charge in [-0.05, 0) is 38.3 Å². The maximum absolute atomic E-state index is 5.53. The van der Waals surface area contributed by atoms with Gasteiger partial charge in [-0.15, -0.1) is 0 Å². The third-order valence-corrected chi connectivity index (χ3v) is 3.19. The molecule has 1 aromatic rings. The van der Waals surface area contributed by atoms with E-state index in [4.69, 9.17) is 4.74 Å². The maximum atomic E-state index is 5.53. The Kier molecular flexibility index (Phi) is 3.91. The molecule has 1 saturated heterocycles. The summed E-state index contributed by atoms with van der Waals surface area (Å²) in [5.74, 6) is 0.657. The molecule has 0 amide bonds. The minimum atomic E-state index is 0.401. The summed E-state index contributed by atoms with van der Waals surface area (Å²) in [6.45, 7) is 6.97. The predicted octanol–water partition coefficient (Wildman–Crippen LogP) is 1.90. The fourth-order valence-corrected chi connectivity index (χ4v) is 2.13. The van der Waals surface area contributed by atoms with Crippen molar-refractivity contribution in [2.75, 3.05) is 13.2 Å². The van der Waals surface area contributed by atoms with Crippen LogP contribution in [0.2, 0.25) is 0 Å². The second-order valence-corrected chi connectivity index (χ2v) is 4.53. The van der Waals surface area contributed by atoms with Crippen LogP contribution < -0.4 is 5.32 Å². The summed E-state index contributed by atoms with van der Waals surface area (Å²) in [4.78, 5) is 4.46. The standard InChI is InChI=1S/C13H20N2O/c1-10-4-3-5-13(15-10)9-14-8-12-6-7-16-11(12)2/h3-5,11-12,14H,6-9H2,1-2H3. The van der Waals surface area contributed by atoms with Gasteiger partial charge in [0.15, 0.2) is 0 Å². The summed E-state index contributed by atoms with van der Waals surface area (Å²) < 4.78 is 5.53. The second kappa shape index (κ2) is 5.41. The van der Waals surface area contributed by atoms with E-state index in [-0.39, 0.29) is 0 Å². The van der Waals surface area contributed by atoms with Crippen LogP contribution in [0.1, 0.15) is 24.7 Å². The SMILES string of the molecule is Cc1cccc(CNCC2CCOC2C)n1. The number of nitrogens with one attached hydrogen (secondary N) is 1. The minimum absolute atomic E-state index is 0.401. The van der Waals surface area contributed by atoms with Gasteiger partial charge >= 0.3 is 0 Å². The molecule has 2 unspecified atom stereocenters. The molecule has 0 bridgehead atoms. The number of nitrogens with zero attached hydrogens (tertiary/aromatic N) is 1. The highest BCUT2D eigenvalue weighted by Crippen LogP contribution is 2.19. The van der Waals surface area contributed by atoms with E-state index in [2.05, 4.69) is 29.4 Å². The molecule has 2 rings (SSSR count). The topological polar surface area (TPSA) is 34.1 Å². The monoisotopic (exact) mass is 220 g/mol. The van der Waals surface area contributed by atoms with Crippen molar-refractivity contribution < 1.29 is 4.74 Å². The zero-order chi connectivity index (χ0) is 11.4. The van der Waals surface area contributed by atoms with Gasteiger partial charge in [0.05, 0.1) is 11.8 Å². The smallest absolute Gasteiger partial charge is 0.0588 e. The Bertz CT molecular complexity index is 340. The Morgan fingerprint density at radius 3 is 3.06 bits per heavy atom. The van der Waals surface area contributed by atoms with Crippen molar-refractivity contribution in [3.05, 3.63) is 29.6 Å². The first-order chi connectivity index (χ1) is 7.75. The molecule has 88 valence electrons. The van der Waals surface area contributed by atoms with Gasteiger partial charge in [0.1, 0.15) is 0 Å². The fourth-order valence-electron chi connectivity index (χ4n) is 2.13. The molecule has 0 radical (unpaired) electrons. The summed E-state index contributed by atoms with van der Waals surface area (Å²) in [5.41, 5.74) is 2.20. The Hall–Kier alpha value is -0.930. The number of pyridine rings is 1. The summed E-state index contributed by atoms with van der Waals surface area (Å²) in [7, 11) is 0. The first kappa shape index (κ1) is 11.6. The van der Waals surface area contributed by atoms with Crippen LogP contribution in [0.5, 0.6) is 0 Å². The van der Waals surface area contributed by atoms with E-state index >= 15 is 0 Å². The van der Waals surface area contributed by atoms with Crippen molar-refractivity contribution in [1.29, 1.82) is 0 Å². The van der Waals surface area contributed by atoms with Crippen molar-refractivity contribution in [3.8, 4) is 0 Å². The van der Waals surface area contributed by atoms with Crippen molar-refractivity contribution in [3.63, 3.8) is 0 Å². The molecule has 1 aromatic heterocycles. The van der Waals surface area contributed by atoms with Gasteiger partial charge in [-0.3, -0.25) is 4.98 Å². The van der Waals surface area contributed by atoms with Crippen LogP contribution in [0.4, 0.5) is 0 Å². The molecule has 2 atom stereocenters. The van der Waals surface area contributed by atoms with E-state index in [1.807, 2.05) is 13.0 Å². The largest absolute Gasteiger partial charge is 0.378 e. The highest BCUT2D eigenvalue weighted by Gasteiger charge is 2.23. The normalized spacial score (nSPS) is 24.9. The molecule has 3 heteroatoms. The van der Waals surface area contributed by atoms with Crippen LogP contribution in [0.15, 0.2) is 18.2 Å². The summed E-state index contributed by atoms with van der Waals surface area (Å²) in [6.07, 6.45) is 1.58. The van der Waals surface area contributed by atoms with Gasteiger partial charge in [0, 0.05) is 25.4 Å². The van der Waals surface area contributed by atoms with E-state index in [1.165, 1.54) is 6.42 Å². The van der Waals surface area contributed by atoms with Crippen molar-refractivity contribution in [2.45, 2.75) is 32.9 Å². The number of hydrogen-bond acceptors (Lipinski definition) is 3. The quantitative estimate of drug-likeness (QED) is 0.841. The van der Waals surface area contributed by atoms with Gasteiger partial charge in [0.2, 0.25) is 0 Å². The van der Waals surface area contributed by atoms with E-state index in [9.17, 15) is 0 Å². The lowest BCUT2D eigenvalue weighted by Crippen LogP contribution is -2.26.